The van der Waals surface area contributed by atoms with E-state index in [9.17, 15) is 17.6 Å². The molecule has 0 bridgehead atoms. The lowest BCUT2D eigenvalue weighted by molar-refractivity contribution is -0.274. The van der Waals surface area contributed by atoms with Gasteiger partial charge < -0.3 is 4.74 Å². The fraction of sp³-hybridized carbons (Fsp3) is 0.750. The summed E-state index contributed by atoms with van der Waals surface area (Å²) in [7, 11) is -0.184. The lowest BCUT2D eigenvalue weighted by Crippen LogP contribution is -2.22. The van der Waals surface area contributed by atoms with Crippen molar-refractivity contribution in [1.29, 1.82) is 0 Å². The summed E-state index contributed by atoms with van der Waals surface area (Å²) in [6.07, 6.45) is 7.44. The minimum Gasteiger partial charge on any atom is -0.406 e. The number of alkyl halides is 4. The second-order valence-electron chi connectivity index (χ2n) is 9.25. The highest BCUT2D eigenvalue weighted by atomic mass is 28.3. The summed E-state index contributed by atoms with van der Waals surface area (Å²) < 4.78 is 53.1. The van der Waals surface area contributed by atoms with Crippen LogP contribution in [0.3, 0.4) is 0 Å². The van der Waals surface area contributed by atoms with Crippen LogP contribution < -0.4 is 4.74 Å². The summed E-state index contributed by atoms with van der Waals surface area (Å²) >= 11 is 0. The van der Waals surface area contributed by atoms with E-state index in [4.69, 9.17) is 0 Å². The monoisotopic (exact) mass is 443 g/mol. The molecule has 1 nitrogen and oxygen atoms in total. The predicted molar refractivity (Wildman–Crippen MR) is 115 cm³/mol. The summed E-state index contributed by atoms with van der Waals surface area (Å²) in [5, 5.41) is 0. The molecular weight excluding hydrogens is 408 g/mol. The number of ether oxygens (including phenoxy) is 1. The zero-order chi connectivity index (χ0) is 21.4. The van der Waals surface area contributed by atoms with Crippen LogP contribution >= 0.6 is 0 Å². The number of halogens is 4. The SMILES string of the molecule is FCCCC[Si]1CCC(CCC2CCC(c3ccc(OC(F)(F)F)cc3)CC2)CC1. The molecule has 1 saturated carbocycles. The van der Waals surface area contributed by atoms with E-state index < -0.39 is 6.36 Å². The van der Waals surface area contributed by atoms with Gasteiger partial charge in [-0.3, -0.25) is 4.39 Å². The molecule has 0 unspecified atom stereocenters. The molecule has 6 heteroatoms. The molecule has 1 aliphatic heterocycles. The Bertz CT molecular complexity index is 603. The lowest BCUT2D eigenvalue weighted by atomic mass is 9.76. The minimum absolute atomic E-state index is 0.140. The number of rotatable bonds is 9. The Morgan fingerprint density at radius 1 is 0.833 bits per heavy atom. The Morgan fingerprint density at radius 2 is 1.43 bits per heavy atom. The van der Waals surface area contributed by atoms with Crippen molar-refractivity contribution in [2.75, 3.05) is 6.67 Å². The molecule has 1 aromatic rings. The topological polar surface area (TPSA) is 9.23 Å². The highest BCUT2D eigenvalue weighted by Gasteiger charge is 2.31. The van der Waals surface area contributed by atoms with E-state index in [1.165, 1.54) is 68.8 Å². The number of hydrogen-bond donors (Lipinski definition) is 0. The number of hydrogen-bond acceptors (Lipinski definition) is 1. The van der Waals surface area contributed by atoms with Crippen molar-refractivity contribution in [1.82, 2.24) is 0 Å². The van der Waals surface area contributed by atoms with Gasteiger partial charge in [-0.05, 0) is 67.6 Å². The average Bonchev–Trinajstić information content (AvgIpc) is 2.73. The summed E-state index contributed by atoms with van der Waals surface area (Å²) in [5.41, 5.74) is 1.14. The Balaban J connectivity index is 1.32. The zero-order valence-corrected chi connectivity index (χ0v) is 18.9. The van der Waals surface area contributed by atoms with Crippen LogP contribution in [-0.2, 0) is 0 Å². The first-order valence-corrected chi connectivity index (χ1v) is 13.8. The van der Waals surface area contributed by atoms with Gasteiger partial charge in [0.05, 0.1) is 6.67 Å². The maximum atomic E-state index is 12.3. The molecule has 30 heavy (non-hydrogen) atoms. The number of benzene rings is 1. The summed E-state index contributed by atoms with van der Waals surface area (Å²) in [4.78, 5) is 0. The van der Waals surface area contributed by atoms with Crippen molar-refractivity contribution in [2.45, 2.75) is 94.6 Å². The Labute approximate surface area is 180 Å². The van der Waals surface area contributed by atoms with Crippen LogP contribution in [-0.4, -0.2) is 21.8 Å². The third-order valence-electron chi connectivity index (χ3n) is 7.14. The van der Waals surface area contributed by atoms with Crippen LogP contribution in [0.25, 0.3) is 0 Å². The van der Waals surface area contributed by atoms with Gasteiger partial charge in [0, 0.05) is 8.80 Å². The molecule has 169 valence electrons. The molecule has 0 atom stereocenters. The smallest absolute Gasteiger partial charge is 0.406 e. The number of unbranched alkanes of at least 4 members (excludes halogenated alkanes) is 1. The van der Waals surface area contributed by atoms with E-state index in [1.807, 2.05) is 0 Å². The largest absolute Gasteiger partial charge is 0.573 e. The highest BCUT2D eigenvalue weighted by molar-refractivity contribution is 6.58. The van der Waals surface area contributed by atoms with E-state index in [-0.39, 0.29) is 21.2 Å². The maximum Gasteiger partial charge on any atom is 0.573 e. The van der Waals surface area contributed by atoms with Gasteiger partial charge in [-0.25, -0.2) is 0 Å². The molecule has 3 rings (SSSR count). The van der Waals surface area contributed by atoms with E-state index in [0.717, 1.165) is 43.1 Å². The molecule has 0 amide bonds. The average molecular weight is 444 g/mol. The third-order valence-corrected chi connectivity index (χ3v) is 10.2. The van der Waals surface area contributed by atoms with Crippen molar-refractivity contribution < 1.29 is 22.3 Å². The lowest BCUT2D eigenvalue weighted by Gasteiger charge is -2.32. The molecule has 1 heterocycles. The van der Waals surface area contributed by atoms with Crippen LogP contribution in [0.15, 0.2) is 24.3 Å². The van der Waals surface area contributed by atoms with Crippen molar-refractivity contribution in [2.24, 2.45) is 11.8 Å². The van der Waals surface area contributed by atoms with E-state index in [2.05, 4.69) is 4.74 Å². The summed E-state index contributed by atoms with van der Waals surface area (Å²) in [5.74, 6) is 2.04. The van der Waals surface area contributed by atoms with Gasteiger partial charge in [-0.2, -0.15) is 0 Å². The van der Waals surface area contributed by atoms with Crippen molar-refractivity contribution in [3.05, 3.63) is 29.8 Å². The van der Waals surface area contributed by atoms with Gasteiger partial charge in [0.15, 0.2) is 0 Å². The normalized spacial score (nSPS) is 24.1. The van der Waals surface area contributed by atoms with E-state index in [1.54, 1.807) is 12.1 Å². The maximum absolute atomic E-state index is 12.3. The van der Waals surface area contributed by atoms with Crippen molar-refractivity contribution >= 4 is 8.80 Å². The van der Waals surface area contributed by atoms with Gasteiger partial charge in [0.2, 0.25) is 0 Å². The second-order valence-corrected chi connectivity index (χ2v) is 12.3. The molecule has 1 saturated heterocycles. The Morgan fingerprint density at radius 3 is 2.00 bits per heavy atom. The third kappa shape index (κ3) is 7.90. The molecule has 1 radical (unpaired) electrons. The molecule has 2 fully saturated rings. The van der Waals surface area contributed by atoms with Crippen molar-refractivity contribution in [3.63, 3.8) is 0 Å². The molecular formula is C24H35F4OSi. The van der Waals surface area contributed by atoms with Crippen LogP contribution in [0.1, 0.15) is 75.7 Å². The van der Waals surface area contributed by atoms with Gasteiger partial charge in [-0.15, -0.1) is 13.2 Å². The molecule has 1 aromatic carbocycles. The van der Waals surface area contributed by atoms with Crippen LogP contribution in [0.5, 0.6) is 5.75 Å². The van der Waals surface area contributed by atoms with E-state index in [0.29, 0.717) is 5.92 Å². The zero-order valence-electron chi connectivity index (χ0n) is 17.9. The molecule has 0 spiro atoms. The Hall–Kier alpha value is -1.04. The van der Waals surface area contributed by atoms with Gasteiger partial charge in [0.1, 0.15) is 5.75 Å². The Kier molecular flexibility index (Phi) is 9.08. The van der Waals surface area contributed by atoms with Gasteiger partial charge >= 0.3 is 6.36 Å². The van der Waals surface area contributed by atoms with Crippen LogP contribution in [0, 0.1) is 11.8 Å². The predicted octanol–water partition coefficient (Wildman–Crippen LogP) is 8.29. The van der Waals surface area contributed by atoms with Crippen molar-refractivity contribution in [3.8, 4) is 5.75 Å². The van der Waals surface area contributed by atoms with Crippen LogP contribution in [0.4, 0.5) is 17.6 Å². The quantitative estimate of drug-likeness (QED) is 0.212. The molecule has 1 aliphatic carbocycles. The van der Waals surface area contributed by atoms with E-state index >= 15 is 0 Å². The fourth-order valence-electron chi connectivity index (χ4n) is 5.29. The standard InChI is InChI=1S/C24H35F4OSi/c25-15-1-2-16-30-17-13-20(14-18-30)4-3-19-5-7-21(8-6-19)22-9-11-23(12-10-22)29-24(26,27)28/h9-12,19-21H,1-8,13-18H2. The first-order valence-electron chi connectivity index (χ1n) is 11.7. The first kappa shape index (κ1) is 23.6. The summed E-state index contributed by atoms with van der Waals surface area (Å²) in [6.45, 7) is -0.155. The van der Waals surface area contributed by atoms with Crippen LogP contribution in [0.2, 0.25) is 18.1 Å². The molecule has 0 aromatic heterocycles. The minimum atomic E-state index is -4.63. The molecule has 2 aliphatic rings. The fourth-order valence-corrected chi connectivity index (χ4v) is 8.42. The second kappa shape index (κ2) is 11.5. The summed E-state index contributed by atoms with van der Waals surface area (Å²) in [6, 6.07) is 10.6. The first-order chi connectivity index (χ1) is 14.4. The van der Waals surface area contributed by atoms with Gasteiger partial charge in [-0.1, -0.05) is 62.4 Å². The van der Waals surface area contributed by atoms with Gasteiger partial charge in [0.25, 0.3) is 0 Å². The highest BCUT2D eigenvalue weighted by Crippen LogP contribution is 2.40. The molecule has 0 N–H and O–H groups in total.